The van der Waals surface area contributed by atoms with Crippen LogP contribution in [-0.4, -0.2) is 76.2 Å². The van der Waals surface area contributed by atoms with Gasteiger partial charge in [-0.15, -0.1) is 5.10 Å². The smallest absolute Gasteiger partial charge is 0.317 e. The molecule has 3 unspecified atom stereocenters. The molecule has 2 N–H and O–H groups in total. The molecule has 150 valence electrons. The number of likely N-dealkylation sites (N-methyl/N-ethyl adjacent to an activating group) is 1. The monoisotopic (exact) mass is 399 g/mol. The molecule has 1 aromatic rings. The van der Waals surface area contributed by atoms with Crippen LogP contribution >= 0.6 is 0 Å². The summed E-state index contributed by atoms with van der Waals surface area (Å²) < 4.78 is 24.7. The van der Waals surface area contributed by atoms with E-state index in [1.807, 2.05) is 6.92 Å². The van der Waals surface area contributed by atoms with Crippen LogP contribution in [0.1, 0.15) is 38.1 Å². The predicted octanol–water partition coefficient (Wildman–Crippen LogP) is -0.0664. The molecular weight excluding hydrogens is 374 g/mol. The van der Waals surface area contributed by atoms with Crippen LogP contribution in [0.25, 0.3) is 0 Å². The zero-order valence-corrected chi connectivity index (χ0v) is 16.3. The lowest BCUT2D eigenvalue weighted by Gasteiger charge is -2.35. The van der Waals surface area contributed by atoms with Crippen molar-refractivity contribution < 1.29 is 23.1 Å². The molecule has 0 saturated carbocycles. The summed E-state index contributed by atoms with van der Waals surface area (Å²) in [6.45, 7) is 1.91. The Morgan fingerprint density at radius 3 is 2.74 bits per heavy atom. The highest BCUT2D eigenvalue weighted by molar-refractivity contribution is 7.91. The van der Waals surface area contributed by atoms with E-state index in [2.05, 4.69) is 15.4 Å². The highest BCUT2D eigenvalue weighted by Gasteiger charge is 2.33. The number of nitrogens with one attached hydrogen (secondary N) is 1. The van der Waals surface area contributed by atoms with Gasteiger partial charge in [0.2, 0.25) is 11.9 Å². The fourth-order valence-corrected chi connectivity index (χ4v) is 5.84. The number of nitrogens with zero attached hydrogens (tertiary/aromatic N) is 4. The van der Waals surface area contributed by atoms with Gasteiger partial charge in [-0.1, -0.05) is 0 Å². The van der Waals surface area contributed by atoms with Gasteiger partial charge in [0.1, 0.15) is 5.82 Å². The Kier molecular flexibility index (Phi) is 5.52. The highest BCUT2D eigenvalue weighted by Crippen LogP contribution is 2.28. The zero-order valence-electron chi connectivity index (χ0n) is 15.5. The molecular formula is C16H25N5O5S. The van der Waals surface area contributed by atoms with Gasteiger partial charge in [0.15, 0.2) is 9.84 Å². The third kappa shape index (κ3) is 4.64. The van der Waals surface area contributed by atoms with Gasteiger partial charge in [0.05, 0.1) is 24.1 Å². The summed E-state index contributed by atoms with van der Waals surface area (Å²) in [7, 11) is -1.23. The summed E-state index contributed by atoms with van der Waals surface area (Å²) in [4.78, 5) is 29.3. The summed E-state index contributed by atoms with van der Waals surface area (Å²) in [5.74, 6) is -0.152. The van der Waals surface area contributed by atoms with Gasteiger partial charge in [0, 0.05) is 18.9 Å². The van der Waals surface area contributed by atoms with Crippen LogP contribution in [0.2, 0.25) is 0 Å². The van der Waals surface area contributed by atoms with Crippen LogP contribution in [0.3, 0.4) is 0 Å². The molecule has 1 fully saturated rings. The zero-order chi connectivity index (χ0) is 19.8. The number of anilines is 1. The molecule has 3 rings (SSSR count). The van der Waals surface area contributed by atoms with E-state index in [0.29, 0.717) is 12.8 Å². The maximum absolute atomic E-state index is 12.2. The normalized spacial score (nSPS) is 26.7. The average Bonchev–Trinajstić information content (AvgIpc) is 3.09. The van der Waals surface area contributed by atoms with Crippen molar-refractivity contribution in [2.45, 2.75) is 44.7 Å². The summed E-state index contributed by atoms with van der Waals surface area (Å²) in [6, 6.07) is -0.0567. The lowest BCUT2D eigenvalue weighted by Crippen LogP contribution is -2.44. The Hall–Kier alpha value is -2.01. The topological polar surface area (TPSA) is 134 Å². The van der Waals surface area contributed by atoms with E-state index in [1.165, 1.54) is 0 Å². The van der Waals surface area contributed by atoms with E-state index in [1.54, 1.807) is 16.6 Å². The van der Waals surface area contributed by atoms with Gasteiger partial charge in [0.25, 0.3) is 0 Å². The second kappa shape index (κ2) is 7.55. The first-order chi connectivity index (χ1) is 12.6. The summed E-state index contributed by atoms with van der Waals surface area (Å²) in [5.41, 5.74) is 0. The molecule has 0 radical (unpaired) electrons. The number of amides is 1. The molecule has 2 aliphatic heterocycles. The predicted molar refractivity (Wildman–Crippen MR) is 97.1 cm³/mol. The minimum absolute atomic E-state index is 0.0162. The van der Waals surface area contributed by atoms with Crippen LogP contribution in [0, 0.1) is 5.92 Å². The molecule has 0 bridgehead atoms. The minimum atomic E-state index is -3.01. The largest absolute Gasteiger partial charge is 0.480 e. The molecule has 11 heteroatoms. The van der Waals surface area contributed by atoms with Crippen molar-refractivity contribution >= 4 is 27.7 Å². The average molecular weight is 399 g/mol. The van der Waals surface area contributed by atoms with E-state index in [4.69, 9.17) is 5.11 Å². The third-order valence-corrected chi connectivity index (χ3v) is 7.15. The van der Waals surface area contributed by atoms with Crippen LogP contribution in [0.4, 0.5) is 5.95 Å². The van der Waals surface area contributed by atoms with Crippen molar-refractivity contribution in [3.8, 4) is 0 Å². The highest BCUT2D eigenvalue weighted by atomic mass is 32.2. The van der Waals surface area contributed by atoms with Gasteiger partial charge >= 0.3 is 5.97 Å². The van der Waals surface area contributed by atoms with E-state index in [-0.39, 0.29) is 54.3 Å². The van der Waals surface area contributed by atoms with Crippen LogP contribution in [0.5, 0.6) is 0 Å². The first kappa shape index (κ1) is 19.7. The summed E-state index contributed by atoms with van der Waals surface area (Å²) >= 11 is 0. The van der Waals surface area contributed by atoms with Crippen LogP contribution in [0.15, 0.2) is 0 Å². The number of aliphatic carboxylic acids is 1. The Bertz CT molecular complexity index is 836. The SMILES string of the molecule is CC1C(N(C)CC(=O)O)CCc2nc(NC(=O)CC3CCS(=O)(=O)C3)nn21. The summed E-state index contributed by atoms with van der Waals surface area (Å²) in [6.07, 6.45) is 2.06. The lowest BCUT2D eigenvalue weighted by atomic mass is 9.99. The molecule has 2 aliphatic rings. The van der Waals surface area contributed by atoms with Gasteiger partial charge in [-0.25, -0.2) is 13.1 Å². The molecule has 1 saturated heterocycles. The molecule has 0 aliphatic carbocycles. The molecule has 10 nitrogen and oxygen atoms in total. The molecule has 3 atom stereocenters. The number of carbonyl (C=O) groups is 2. The van der Waals surface area contributed by atoms with E-state index in [0.717, 1.165) is 12.2 Å². The lowest BCUT2D eigenvalue weighted by molar-refractivity contribution is -0.138. The number of carboxylic acids is 1. The Morgan fingerprint density at radius 1 is 1.37 bits per heavy atom. The van der Waals surface area contributed by atoms with Crippen molar-refractivity contribution in [2.24, 2.45) is 5.92 Å². The Morgan fingerprint density at radius 2 is 2.11 bits per heavy atom. The molecule has 1 amide bonds. The van der Waals surface area contributed by atoms with Gasteiger partial charge in [-0.3, -0.25) is 19.8 Å². The number of hydrogen-bond donors (Lipinski definition) is 2. The van der Waals surface area contributed by atoms with Gasteiger partial charge in [-0.2, -0.15) is 4.98 Å². The van der Waals surface area contributed by atoms with Crippen LogP contribution < -0.4 is 5.32 Å². The quantitative estimate of drug-likeness (QED) is 0.679. The first-order valence-corrected chi connectivity index (χ1v) is 10.8. The van der Waals surface area contributed by atoms with Gasteiger partial charge < -0.3 is 5.11 Å². The minimum Gasteiger partial charge on any atom is -0.480 e. The molecule has 0 aromatic carbocycles. The third-order valence-electron chi connectivity index (χ3n) is 5.31. The van der Waals surface area contributed by atoms with Crippen molar-refractivity contribution in [1.29, 1.82) is 0 Å². The second-order valence-electron chi connectivity index (χ2n) is 7.47. The maximum Gasteiger partial charge on any atom is 0.317 e. The molecule has 1 aromatic heterocycles. The van der Waals surface area contributed by atoms with Crippen LogP contribution in [-0.2, 0) is 25.8 Å². The molecule has 27 heavy (non-hydrogen) atoms. The fraction of sp³-hybridized carbons (Fsp3) is 0.750. The number of fused-ring (bicyclic) bond motifs is 1. The van der Waals surface area contributed by atoms with E-state index < -0.39 is 15.8 Å². The van der Waals surface area contributed by atoms with Crippen molar-refractivity contribution in [2.75, 3.05) is 30.4 Å². The number of aryl methyl sites for hydroxylation is 1. The van der Waals surface area contributed by atoms with E-state index >= 15 is 0 Å². The van der Waals surface area contributed by atoms with Gasteiger partial charge in [-0.05, 0) is 32.7 Å². The molecule has 0 spiro atoms. The summed E-state index contributed by atoms with van der Waals surface area (Å²) in [5, 5.41) is 16.0. The Labute approximate surface area is 157 Å². The second-order valence-corrected chi connectivity index (χ2v) is 9.70. The van der Waals surface area contributed by atoms with Crippen molar-refractivity contribution in [3.63, 3.8) is 0 Å². The standard InChI is InChI=1S/C16H25N5O5S/c1-10-12(20(2)8-15(23)24)3-4-13-17-16(19-21(10)13)18-14(22)7-11-5-6-27(25,26)9-11/h10-12H,3-9H2,1-2H3,(H,23,24)(H,18,19,22). The number of rotatable bonds is 6. The molecule has 3 heterocycles. The number of hydrogen-bond acceptors (Lipinski definition) is 7. The number of carboxylic acid groups (broad SMARTS) is 1. The number of carbonyl (C=O) groups excluding carboxylic acids is 1. The van der Waals surface area contributed by atoms with Crippen molar-refractivity contribution in [1.82, 2.24) is 19.7 Å². The fourth-order valence-electron chi connectivity index (χ4n) is 3.98. The van der Waals surface area contributed by atoms with E-state index in [9.17, 15) is 18.0 Å². The Balaban J connectivity index is 1.62. The first-order valence-electron chi connectivity index (χ1n) is 9.02. The maximum atomic E-state index is 12.2. The number of sulfone groups is 1. The van der Waals surface area contributed by atoms with Crippen molar-refractivity contribution in [3.05, 3.63) is 5.82 Å². The number of aromatic nitrogens is 3.